The first-order chi connectivity index (χ1) is 8.61. The van der Waals surface area contributed by atoms with Gasteiger partial charge in [0.15, 0.2) is 0 Å². The van der Waals surface area contributed by atoms with Crippen LogP contribution in [0.3, 0.4) is 0 Å². The number of rotatable bonds is 4. The molecule has 0 saturated heterocycles. The average molecular weight is 331 g/mol. The van der Waals surface area contributed by atoms with Crippen LogP contribution in [0.1, 0.15) is 5.56 Å². The zero-order chi connectivity index (χ0) is 13.1. The molecule has 0 spiro atoms. The molecule has 0 bridgehead atoms. The van der Waals surface area contributed by atoms with Gasteiger partial charge in [-0.2, -0.15) is 11.8 Å². The Morgan fingerprint density at radius 1 is 1.39 bits per heavy atom. The van der Waals surface area contributed by atoms with E-state index in [1.54, 1.807) is 17.8 Å². The molecule has 6 heteroatoms. The molecule has 18 heavy (non-hydrogen) atoms. The first kappa shape index (κ1) is 13.5. The van der Waals surface area contributed by atoms with Crippen LogP contribution < -0.4 is 11.4 Å². The monoisotopic (exact) mass is 330 g/mol. The van der Waals surface area contributed by atoms with Gasteiger partial charge in [0, 0.05) is 29.0 Å². The zero-order valence-corrected chi connectivity index (χ0v) is 12.0. The highest BCUT2D eigenvalue weighted by Gasteiger charge is 2.09. The van der Waals surface area contributed by atoms with E-state index in [-0.39, 0.29) is 5.75 Å². The number of quaternary nitrogens is 1. The van der Waals surface area contributed by atoms with Crippen molar-refractivity contribution in [2.45, 2.75) is 5.75 Å². The number of benzene rings is 1. The van der Waals surface area contributed by atoms with Crippen molar-refractivity contribution < 1.29 is 15.3 Å². The van der Waals surface area contributed by atoms with E-state index in [0.29, 0.717) is 10.1 Å². The third kappa shape index (κ3) is 2.88. The lowest BCUT2D eigenvalue weighted by Gasteiger charge is -2.06. The summed E-state index contributed by atoms with van der Waals surface area (Å²) < 4.78 is 5.68. The molecule has 0 radical (unpaired) electrons. The van der Waals surface area contributed by atoms with Crippen molar-refractivity contribution in [1.29, 1.82) is 0 Å². The van der Waals surface area contributed by atoms with Crippen LogP contribution in [0.15, 0.2) is 31.9 Å². The second-order valence-corrected chi connectivity index (χ2v) is 5.76. The number of halogens is 1. The molecule has 1 aromatic carbocycles. The lowest BCUT2D eigenvalue weighted by molar-refractivity contribution is -0.360. The van der Waals surface area contributed by atoms with E-state index in [2.05, 4.69) is 21.7 Å². The van der Waals surface area contributed by atoms with Crippen molar-refractivity contribution in [1.82, 2.24) is 0 Å². The predicted octanol–water partition coefficient (Wildman–Crippen LogP) is 1.74. The van der Waals surface area contributed by atoms with Gasteiger partial charge in [-0.1, -0.05) is 0 Å². The summed E-state index contributed by atoms with van der Waals surface area (Å²) in [6, 6.07) is 4.73. The van der Waals surface area contributed by atoms with Gasteiger partial charge in [-0.15, -0.1) is 0 Å². The lowest BCUT2D eigenvalue weighted by Crippen LogP contribution is -2.51. The van der Waals surface area contributed by atoms with Gasteiger partial charge in [0.2, 0.25) is 0 Å². The molecule has 2 aromatic rings. The molecular weight excluding hydrogens is 318 g/mol. The molecule has 0 aliphatic heterocycles. The van der Waals surface area contributed by atoms with Crippen molar-refractivity contribution in [2.75, 3.05) is 12.3 Å². The molecule has 0 atom stereocenters. The number of thioether (sulfide) groups is 1. The Labute approximate surface area is 116 Å². The van der Waals surface area contributed by atoms with E-state index < -0.39 is 5.63 Å². The Morgan fingerprint density at radius 3 is 2.89 bits per heavy atom. The highest BCUT2D eigenvalue weighted by atomic mass is 79.9. The fraction of sp³-hybridized carbons (Fsp3) is 0.250. The van der Waals surface area contributed by atoms with E-state index in [1.165, 1.54) is 12.1 Å². The van der Waals surface area contributed by atoms with Crippen LogP contribution >= 0.6 is 27.7 Å². The molecule has 0 unspecified atom stereocenters. The van der Waals surface area contributed by atoms with Crippen molar-refractivity contribution in [3.63, 3.8) is 0 Å². The summed E-state index contributed by atoms with van der Waals surface area (Å²) in [5.74, 6) is 1.74. The maximum atomic E-state index is 11.5. The number of phenols is 1. The second-order valence-electron chi connectivity index (χ2n) is 3.80. The Bertz CT molecular complexity index is 626. The van der Waals surface area contributed by atoms with Gasteiger partial charge in [-0.05, 0) is 27.6 Å². The lowest BCUT2D eigenvalue weighted by atomic mass is 10.1. The summed E-state index contributed by atoms with van der Waals surface area (Å²) in [6.45, 7) is 0.856. The average Bonchev–Trinajstić information content (AvgIpc) is 2.32. The van der Waals surface area contributed by atoms with E-state index in [1.807, 2.05) is 0 Å². The van der Waals surface area contributed by atoms with Gasteiger partial charge < -0.3 is 15.3 Å². The fourth-order valence-electron chi connectivity index (χ4n) is 1.64. The van der Waals surface area contributed by atoms with Crippen LogP contribution in [-0.2, 0) is 5.75 Å². The van der Waals surface area contributed by atoms with Crippen molar-refractivity contribution in [3.05, 3.63) is 38.7 Å². The van der Waals surface area contributed by atoms with Gasteiger partial charge >= 0.3 is 5.63 Å². The van der Waals surface area contributed by atoms with E-state index in [0.717, 1.165) is 29.0 Å². The van der Waals surface area contributed by atoms with Crippen molar-refractivity contribution in [2.24, 2.45) is 0 Å². The van der Waals surface area contributed by atoms with Crippen LogP contribution in [-0.4, -0.2) is 17.4 Å². The van der Waals surface area contributed by atoms with Gasteiger partial charge in [0.25, 0.3) is 0 Å². The zero-order valence-electron chi connectivity index (χ0n) is 9.61. The maximum absolute atomic E-state index is 11.5. The summed E-state index contributed by atoms with van der Waals surface area (Å²) in [7, 11) is 0. The largest absolute Gasteiger partial charge is 0.507 e. The Morgan fingerprint density at radius 2 is 2.17 bits per heavy atom. The first-order valence-electron chi connectivity index (χ1n) is 5.44. The SMILES string of the molecule is [NH3+]CCSCc1cc(=O)oc2cc(O)c(Br)cc12. The van der Waals surface area contributed by atoms with Crippen molar-refractivity contribution in [3.8, 4) is 5.75 Å². The molecule has 0 aliphatic rings. The predicted molar refractivity (Wildman–Crippen MR) is 75.8 cm³/mol. The molecule has 0 fully saturated rings. The summed E-state index contributed by atoms with van der Waals surface area (Å²) in [5, 5.41) is 10.4. The summed E-state index contributed by atoms with van der Waals surface area (Å²) in [5.41, 5.74) is 4.71. The third-order valence-corrected chi connectivity index (χ3v) is 4.17. The van der Waals surface area contributed by atoms with E-state index >= 15 is 0 Å². The topological polar surface area (TPSA) is 78.1 Å². The fourth-order valence-corrected chi connectivity index (χ4v) is 2.79. The number of fused-ring (bicyclic) bond motifs is 1. The number of aromatic hydroxyl groups is 1. The molecule has 0 aliphatic carbocycles. The standard InChI is InChI=1S/C12H12BrNO3S/c13-9-4-8-7(6-18-2-1-14)3-12(16)17-11(8)5-10(9)15/h3-5,15H,1-2,6,14H2/p+1. The van der Waals surface area contributed by atoms with Crippen molar-refractivity contribution >= 4 is 38.7 Å². The molecular formula is C12H13BrNO3S+. The Hall–Kier alpha value is -0.980. The molecule has 0 amide bonds. The maximum Gasteiger partial charge on any atom is 0.336 e. The minimum atomic E-state index is -0.394. The van der Waals surface area contributed by atoms with Crippen LogP contribution in [0, 0.1) is 0 Å². The van der Waals surface area contributed by atoms with Crippen LogP contribution in [0.25, 0.3) is 11.0 Å². The molecule has 0 saturated carbocycles. The third-order valence-electron chi connectivity index (χ3n) is 2.44. The smallest absolute Gasteiger partial charge is 0.336 e. The van der Waals surface area contributed by atoms with Crippen LogP contribution in [0.4, 0.5) is 0 Å². The summed E-state index contributed by atoms with van der Waals surface area (Å²) in [6.07, 6.45) is 0. The minimum absolute atomic E-state index is 0.0632. The number of hydrogen-bond donors (Lipinski definition) is 2. The normalized spacial score (nSPS) is 11.0. The summed E-state index contributed by atoms with van der Waals surface area (Å²) >= 11 is 4.98. The van der Waals surface area contributed by atoms with Gasteiger partial charge in [0.05, 0.1) is 11.0 Å². The summed E-state index contributed by atoms with van der Waals surface area (Å²) in [4.78, 5) is 11.5. The van der Waals surface area contributed by atoms with Gasteiger partial charge in [-0.25, -0.2) is 4.79 Å². The second kappa shape index (κ2) is 5.77. The van der Waals surface area contributed by atoms with E-state index in [9.17, 15) is 9.90 Å². The molecule has 1 heterocycles. The Balaban J connectivity index is 2.50. The number of phenolic OH excluding ortho intramolecular Hbond substituents is 1. The minimum Gasteiger partial charge on any atom is -0.507 e. The van der Waals surface area contributed by atoms with E-state index in [4.69, 9.17) is 4.42 Å². The van der Waals surface area contributed by atoms with Crippen LogP contribution in [0.5, 0.6) is 5.75 Å². The molecule has 4 N–H and O–H groups in total. The highest BCUT2D eigenvalue weighted by Crippen LogP contribution is 2.31. The first-order valence-corrected chi connectivity index (χ1v) is 7.39. The van der Waals surface area contributed by atoms with Gasteiger partial charge in [0.1, 0.15) is 11.3 Å². The molecule has 96 valence electrons. The highest BCUT2D eigenvalue weighted by molar-refractivity contribution is 9.10. The van der Waals surface area contributed by atoms with Gasteiger partial charge in [-0.3, -0.25) is 0 Å². The molecule has 4 nitrogen and oxygen atoms in total. The molecule has 2 rings (SSSR count). The Kier molecular flexibility index (Phi) is 4.31. The number of hydrogen-bond acceptors (Lipinski definition) is 4. The van der Waals surface area contributed by atoms with Crippen LogP contribution in [0.2, 0.25) is 0 Å². The quantitative estimate of drug-likeness (QED) is 0.661. The molecule has 1 aromatic heterocycles.